The minimum Gasteiger partial charge on any atom is -0.479 e. The molecule has 2 rings (SSSR count). The number of halogens is 1. The van der Waals surface area contributed by atoms with E-state index in [2.05, 4.69) is 4.98 Å². The molecule has 92 valence electrons. The molecule has 2 aromatic rings. The molecule has 1 aromatic carbocycles. The molecule has 2 N–H and O–H groups in total. The van der Waals surface area contributed by atoms with Gasteiger partial charge in [0.1, 0.15) is 0 Å². The third kappa shape index (κ3) is 2.08. The Morgan fingerprint density at radius 1 is 1.17 bits per heavy atom. The van der Waals surface area contributed by atoms with Crippen LogP contribution >= 0.6 is 11.6 Å². The highest BCUT2D eigenvalue weighted by Gasteiger charge is 2.40. The number of aliphatic hydroxyl groups is 1. The van der Waals surface area contributed by atoms with Gasteiger partial charge in [0.25, 0.3) is 0 Å². The molecule has 4 nitrogen and oxygen atoms in total. The SMILES string of the molecule is O=C(O)C(O)(c1ccc(Cl)cc1)c1cccnc1. The Morgan fingerprint density at radius 3 is 2.33 bits per heavy atom. The minimum absolute atomic E-state index is 0.194. The Labute approximate surface area is 108 Å². The molecular weight excluding hydrogens is 254 g/mol. The average molecular weight is 264 g/mol. The molecule has 0 spiro atoms. The second kappa shape index (κ2) is 4.76. The first-order chi connectivity index (χ1) is 8.55. The van der Waals surface area contributed by atoms with Gasteiger partial charge in [-0.15, -0.1) is 0 Å². The molecule has 0 aliphatic heterocycles. The number of aliphatic carboxylic acids is 1. The summed E-state index contributed by atoms with van der Waals surface area (Å²) >= 11 is 5.75. The predicted octanol–water partition coefficient (Wildman–Crippen LogP) is 2.06. The van der Waals surface area contributed by atoms with Crippen LogP contribution in [0.25, 0.3) is 0 Å². The highest BCUT2D eigenvalue weighted by Crippen LogP contribution is 2.30. The Morgan fingerprint density at radius 2 is 1.83 bits per heavy atom. The summed E-state index contributed by atoms with van der Waals surface area (Å²) in [4.78, 5) is 15.2. The zero-order chi connectivity index (χ0) is 13.2. The van der Waals surface area contributed by atoms with Crippen LogP contribution in [0.5, 0.6) is 0 Å². The summed E-state index contributed by atoms with van der Waals surface area (Å²) in [6, 6.07) is 9.09. The number of hydrogen-bond donors (Lipinski definition) is 2. The van der Waals surface area contributed by atoms with Crippen LogP contribution in [0.1, 0.15) is 11.1 Å². The van der Waals surface area contributed by atoms with Gasteiger partial charge < -0.3 is 10.2 Å². The van der Waals surface area contributed by atoms with Crippen molar-refractivity contribution in [3.05, 3.63) is 64.9 Å². The Hall–Kier alpha value is -1.91. The molecule has 0 radical (unpaired) electrons. The Kier molecular flexibility index (Phi) is 3.32. The van der Waals surface area contributed by atoms with E-state index in [0.29, 0.717) is 5.02 Å². The third-order valence-electron chi connectivity index (χ3n) is 2.65. The number of carboxylic acid groups (broad SMARTS) is 1. The van der Waals surface area contributed by atoms with Gasteiger partial charge in [-0.05, 0) is 23.8 Å². The predicted molar refractivity (Wildman–Crippen MR) is 66.3 cm³/mol. The lowest BCUT2D eigenvalue weighted by molar-refractivity contribution is -0.155. The molecular formula is C13H10ClNO3. The number of pyridine rings is 1. The molecule has 0 aliphatic rings. The van der Waals surface area contributed by atoms with Crippen LogP contribution in [0, 0.1) is 0 Å². The van der Waals surface area contributed by atoms with Gasteiger partial charge >= 0.3 is 5.97 Å². The van der Waals surface area contributed by atoms with Gasteiger partial charge in [0.2, 0.25) is 5.60 Å². The largest absolute Gasteiger partial charge is 0.479 e. The third-order valence-corrected chi connectivity index (χ3v) is 2.90. The van der Waals surface area contributed by atoms with E-state index in [0.717, 1.165) is 0 Å². The van der Waals surface area contributed by atoms with Crippen molar-refractivity contribution in [3.8, 4) is 0 Å². The number of rotatable bonds is 3. The van der Waals surface area contributed by atoms with Crippen molar-refractivity contribution in [1.82, 2.24) is 4.98 Å². The van der Waals surface area contributed by atoms with Gasteiger partial charge in [-0.3, -0.25) is 4.98 Å². The maximum absolute atomic E-state index is 11.4. The molecule has 0 fully saturated rings. The molecule has 18 heavy (non-hydrogen) atoms. The number of nitrogens with zero attached hydrogens (tertiary/aromatic N) is 1. The lowest BCUT2D eigenvalue weighted by Crippen LogP contribution is -2.36. The second-order valence-electron chi connectivity index (χ2n) is 3.76. The van der Waals surface area contributed by atoms with E-state index in [-0.39, 0.29) is 11.1 Å². The topological polar surface area (TPSA) is 70.4 Å². The van der Waals surface area contributed by atoms with E-state index in [1.54, 1.807) is 6.07 Å². The molecule has 1 heterocycles. The summed E-state index contributed by atoms with van der Waals surface area (Å²) < 4.78 is 0. The van der Waals surface area contributed by atoms with Gasteiger partial charge in [0, 0.05) is 23.0 Å². The Bertz CT molecular complexity index is 556. The summed E-state index contributed by atoms with van der Waals surface area (Å²) in [6.07, 6.45) is 2.83. The van der Waals surface area contributed by atoms with Crippen molar-refractivity contribution in [2.75, 3.05) is 0 Å². The van der Waals surface area contributed by atoms with Crippen molar-refractivity contribution >= 4 is 17.6 Å². The second-order valence-corrected chi connectivity index (χ2v) is 4.20. The van der Waals surface area contributed by atoms with Gasteiger partial charge in [-0.2, -0.15) is 0 Å². The molecule has 0 saturated heterocycles. The summed E-state index contributed by atoms with van der Waals surface area (Å²) in [5.41, 5.74) is -1.70. The van der Waals surface area contributed by atoms with E-state index >= 15 is 0 Å². The summed E-state index contributed by atoms with van der Waals surface area (Å²) in [6.45, 7) is 0. The fourth-order valence-corrected chi connectivity index (χ4v) is 1.81. The zero-order valence-electron chi connectivity index (χ0n) is 9.25. The van der Waals surface area contributed by atoms with E-state index in [1.807, 2.05) is 0 Å². The normalized spacial score (nSPS) is 13.9. The van der Waals surface area contributed by atoms with Crippen LogP contribution in [0.2, 0.25) is 5.02 Å². The number of carbonyl (C=O) groups is 1. The van der Waals surface area contributed by atoms with Crippen LogP contribution in [0.3, 0.4) is 0 Å². The summed E-state index contributed by atoms with van der Waals surface area (Å²) in [5.74, 6) is -1.36. The van der Waals surface area contributed by atoms with E-state index in [4.69, 9.17) is 11.6 Å². The quantitative estimate of drug-likeness (QED) is 0.889. The lowest BCUT2D eigenvalue weighted by atomic mass is 9.87. The Balaban J connectivity index is 2.58. The van der Waals surface area contributed by atoms with Gasteiger partial charge in [-0.1, -0.05) is 29.8 Å². The smallest absolute Gasteiger partial charge is 0.345 e. The van der Waals surface area contributed by atoms with Gasteiger partial charge in [0.05, 0.1) is 0 Å². The lowest BCUT2D eigenvalue weighted by Gasteiger charge is -2.24. The molecule has 0 amide bonds. The molecule has 0 aliphatic carbocycles. The van der Waals surface area contributed by atoms with Crippen molar-refractivity contribution in [2.45, 2.75) is 5.60 Å². The molecule has 0 bridgehead atoms. The number of hydrogen-bond acceptors (Lipinski definition) is 3. The summed E-state index contributed by atoms with van der Waals surface area (Å²) in [7, 11) is 0. The van der Waals surface area contributed by atoms with Gasteiger partial charge in [-0.25, -0.2) is 4.79 Å². The maximum Gasteiger partial charge on any atom is 0.345 e. The van der Waals surface area contributed by atoms with Crippen molar-refractivity contribution < 1.29 is 15.0 Å². The molecule has 1 atom stereocenters. The highest BCUT2D eigenvalue weighted by atomic mass is 35.5. The van der Waals surface area contributed by atoms with Crippen molar-refractivity contribution in [3.63, 3.8) is 0 Å². The molecule has 0 saturated carbocycles. The van der Waals surface area contributed by atoms with Crippen LogP contribution in [0.15, 0.2) is 48.8 Å². The van der Waals surface area contributed by atoms with Gasteiger partial charge in [0.15, 0.2) is 0 Å². The monoisotopic (exact) mass is 263 g/mol. The van der Waals surface area contributed by atoms with E-state index < -0.39 is 11.6 Å². The maximum atomic E-state index is 11.4. The first kappa shape index (κ1) is 12.5. The highest BCUT2D eigenvalue weighted by molar-refractivity contribution is 6.30. The minimum atomic E-state index is -2.13. The summed E-state index contributed by atoms with van der Waals surface area (Å²) in [5, 5.41) is 20.2. The first-order valence-corrected chi connectivity index (χ1v) is 5.55. The number of carboxylic acids is 1. The van der Waals surface area contributed by atoms with Crippen LogP contribution < -0.4 is 0 Å². The van der Waals surface area contributed by atoms with Crippen molar-refractivity contribution in [1.29, 1.82) is 0 Å². The molecule has 5 heteroatoms. The number of aromatic nitrogens is 1. The molecule has 1 unspecified atom stereocenters. The standard InChI is InChI=1S/C13H10ClNO3/c14-11-5-3-9(4-6-11)13(18,12(16)17)10-2-1-7-15-8-10/h1-8,18H,(H,16,17). The average Bonchev–Trinajstić information content (AvgIpc) is 2.39. The van der Waals surface area contributed by atoms with E-state index in [9.17, 15) is 15.0 Å². The van der Waals surface area contributed by atoms with Crippen LogP contribution in [-0.2, 0) is 10.4 Å². The van der Waals surface area contributed by atoms with Crippen LogP contribution in [-0.4, -0.2) is 21.2 Å². The zero-order valence-corrected chi connectivity index (χ0v) is 10.0. The van der Waals surface area contributed by atoms with E-state index in [1.165, 1.54) is 42.7 Å². The first-order valence-electron chi connectivity index (χ1n) is 5.17. The van der Waals surface area contributed by atoms with Crippen LogP contribution in [0.4, 0.5) is 0 Å². The molecule has 1 aromatic heterocycles. The number of benzene rings is 1. The fourth-order valence-electron chi connectivity index (χ4n) is 1.68. The fraction of sp³-hybridized carbons (Fsp3) is 0.0769. The van der Waals surface area contributed by atoms with Crippen molar-refractivity contribution in [2.24, 2.45) is 0 Å².